The Labute approximate surface area is 188 Å². The average Bonchev–Trinajstić information content (AvgIpc) is 3.43. The molecule has 3 aliphatic heterocycles. The van der Waals surface area contributed by atoms with Crippen molar-refractivity contribution in [2.45, 2.75) is 55.2 Å². The molecular weight excluding hydrogens is 377 g/mol. The van der Waals surface area contributed by atoms with Gasteiger partial charge in [-0.25, -0.2) is 15.8 Å². The molecule has 1 aromatic carbocycles. The van der Waals surface area contributed by atoms with Gasteiger partial charge in [0.25, 0.3) is 0 Å². The quantitative estimate of drug-likeness (QED) is 0.527. The van der Waals surface area contributed by atoms with Gasteiger partial charge in [-0.2, -0.15) is 0 Å². The Kier molecular flexibility index (Phi) is 5.28. The predicted molar refractivity (Wildman–Crippen MR) is 105 cm³/mol. The Morgan fingerprint density at radius 2 is 1.93 bits per heavy atom. The summed E-state index contributed by atoms with van der Waals surface area (Å²) in [5.41, 5.74) is 8.05. The number of rotatable bonds is 4. The first-order chi connectivity index (χ1) is 13.9. The molecule has 1 aliphatic carbocycles. The molecule has 1 saturated heterocycles. The van der Waals surface area contributed by atoms with Gasteiger partial charge in [-0.3, -0.25) is 9.80 Å². The van der Waals surface area contributed by atoms with Crippen LogP contribution < -0.4 is 34.8 Å². The summed E-state index contributed by atoms with van der Waals surface area (Å²) in [7, 11) is 4.31. The minimum atomic E-state index is -1.77. The Morgan fingerprint density at radius 3 is 2.53 bits per heavy atom. The zero-order valence-corrected chi connectivity index (χ0v) is 17.7. The maximum atomic E-state index is 11.8. The van der Waals surface area contributed by atoms with Crippen LogP contribution in [0.1, 0.15) is 37.7 Å². The van der Waals surface area contributed by atoms with Gasteiger partial charge in [0.2, 0.25) is 0 Å². The average molecular weight is 403 g/mol. The molecule has 9 heteroatoms. The molecule has 5 rings (SSSR count). The summed E-state index contributed by atoms with van der Waals surface area (Å²) in [5.74, 6) is -2.66. The smallest absolute Gasteiger partial charge is 0.542 e. The number of benzene rings is 1. The van der Waals surface area contributed by atoms with Crippen LogP contribution in [0.4, 0.5) is 0 Å². The van der Waals surface area contributed by atoms with E-state index in [4.69, 9.17) is 4.74 Å². The van der Waals surface area contributed by atoms with Crippen LogP contribution in [0, 0.1) is 0 Å². The summed E-state index contributed by atoms with van der Waals surface area (Å²) in [6.45, 7) is 0. The number of nitrogens with one attached hydrogen (secondary N) is 2. The molecule has 3 heterocycles. The second-order valence-electron chi connectivity index (χ2n) is 8.76. The normalized spacial score (nSPS) is 36.7. The minimum absolute atomic E-state index is 0. The maximum Gasteiger partial charge on any atom is 1.00 e. The van der Waals surface area contributed by atoms with Crippen molar-refractivity contribution >= 4 is 12.2 Å². The molecule has 1 aromatic rings. The molecule has 1 spiro atoms. The first-order valence-electron chi connectivity index (χ1n) is 10.1. The number of carbonyl (C=O) groups excluding carboxylic acids is 1. The number of fused-ring (bicyclic) bond motifs is 2. The van der Waals surface area contributed by atoms with E-state index in [1.165, 1.54) is 11.8 Å². The fourth-order valence-corrected chi connectivity index (χ4v) is 5.36. The molecule has 4 aliphatic rings. The molecule has 2 atom stereocenters. The number of carboxylic acids is 1. The third-order valence-electron chi connectivity index (χ3n) is 7.13. The largest absolute Gasteiger partial charge is 1.00 e. The van der Waals surface area contributed by atoms with Crippen molar-refractivity contribution in [3.63, 3.8) is 0 Å². The Bertz CT molecular complexity index is 882. The van der Waals surface area contributed by atoms with Crippen molar-refractivity contribution in [1.82, 2.24) is 20.7 Å². The van der Waals surface area contributed by atoms with Crippen LogP contribution in [0.15, 0.2) is 47.3 Å². The standard InChI is InChI=1S/C21H27N5O3.Li/c1-25(2)20(15-6-4-3-5-7-15)10-8-19(9-11-20)12-17(23-24-19)26-14-16-13-22-21(26,29-16)18(27)28;/h3-7,13-14,17,23-24H,8-12H2,1-2H3,(H,27,28);/q;+1/p-1/t17-,19?,20?,21?;/m1./s1. The first-order valence-corrected chi connectivity index (χ1v) is 10.1. The summed E-state index contributed by atoms with van der Waals surface area (Å²) >= 11 is 0. The summed E-state index contributed by atoms with van der Waals surface area (Å²) in [6, 6.07) is 10.7. The van der Waals surface area contributed by atoms with Crippen LogP contribution in [-0.2, 0) is 15.1 Å². The van der Waals surface area contributed by atoms with Crippen molar-refractivity contribution in [3.8, 4) is 0 Å². The molecule has 0 amide bonds. The zero-order valence-electron chi connectivity index (χ0n) is 17.7. The fraction of sp³-hybridized carbons (Fsp3) is 0.524. The number of carbonyl (C=O) groups is 1. The third kappa shape index (κ3) is 3.02. The summed E-state index contributed by atoms with van der Waals surface area (Å²) in [5, 5.41) is 11.8. The van der Waals surface area contributed by atoms with E-state index in [0.29, 0.717) is 5.76 Å². The first kappa shape index (κ1) is 21.4. The monoisotopic (exact) mass is 403 g/mol. The van der Waals surface area contributed by atoms with Crippen molar-refractivity contribution in [2.24, 2.45) is 4.99 Å². The molecule has 2 bridgehead atoms. The van der Waals surface area contributed by atoms with E-state index in [1.807, 2.05) is 0 Å². The number of nitrogens with zero attached hydrogens (tertiary/aromatic N) is 3. The summed E-state index contributed by atoms with van der Waals surface area (Å²) in [4.78, 5) is 19.8. The van der Waals surface area contributed by atoms with Gasteiger partial charge in [-0.15, -0.1) is 0 Å². The molecule has 30 heavy (non-hydrogen) atoms. The number of aliphatic imine (C=N–C) groups is 1. The molecule has 2 fully saturated rings. The topological polar surface area (TPSA) is 92.3 Å². The van der Waals surface area contributed by atoms with Crippen molar-refractivity contribution < 1.29 is 33.5 Å². The molecule has 154 valence electrons. The van der Waals surface area contributed by atoms with E-state index >= 15 is 0 Å². The minimum Gasteiger partial charge on any atom is -0.542 e. The van der Waals surface area contributed by atoms with E-state index in [2.05, 4.69) is 65.2 Å². The van der Waals surface area contributed by atoms with Crippen LogP contribution in [0.2, 0.25) is 0 Å². The predicted octanol–water partition coefficient (Wildman–Crippen LogP) is -2.75. The van der Waals surface area contributed by atoms with Gasteiger partial charge in [0, 0.05) is 17.5 Å². The van der Waals surface area contributed by atoms with Gasteiger partial charge >= 0.3 is 24.7 Å². The van der Waals surface area contributed by atoms with Crippen molar-refractivity contribution in [2.75, 3.05) is 14.1 Å². The van der Waals surface area contributed by atoms with Crippen molar-refractivity contribution in [1.29, 1.82) is 0 Å². The van der Waals surface area contributed by atoms with E-state index in [0.717, 1.165) is 32.1 Å². The van der Waals surface area contributed by atoms with Crippen LogP contribution in [-0.4, -0.2) is 53.6 Å². The molecule has 8 nitrogen and oxygen atoms in total. The molecule has 0 aromatic heterocycles. The maximum absolute atomic E-state index is 11.8. The number of hydrazine groups is 1. The van der Waals surface area contributed by atoms with Crippen LogP contribution in [0.5, 0.6) is 0 Å². The molecular formula is C21H26LiN5O3. The van der Waals surface area contributed by atoms with Gasteiger partial charge in [0.15, 0.2) is 5.76 Å². The number of ether oxygens (including phenoxy) is 1. The number of hydrogen-bond acceptors (Lipinski definition) is 8. The van der Waals surface area contributed by atoms with Gasteiger partial charge < -0.3 is 14.6 Å². The van der Waals surface area contributed by atoms with Gasteiger partial charge in [-0.05, 0) is 45.3 Å². The van der Waals surface area contributed by atoms with Gasteiger partial charge in [-0.1, -0.05) is 30.3 Å². The number of allylic oxidation sites excluding steroid dienone is 1. The molecule has 1 saturated carbocycles. The SMILES string of the molecule is CN(C)C1(c2ccccc2)CCC2(CC1)C[C@@H](N1C=C3C=NC1(C(=O)[O-])O3)NN2.[Li+]. The van der Waals surface area contributed by atoms with Crippen molar-refractivity contribution in [3.05, 3.63) is 47.9 Å². The fourth-order valence-electron chi connectivity index (χ4n) is 5.36. The van der Waals surface area contributed by atoms with E-state index in [1.54, 1.807) is 11.1 Å². The molecule has 0 radical (unpaired) electrons. The van der Waals surface area contributed by atoms with Crippen LogP contribution in [0.3, 0.4) is 0 Å². The second-order valence-corrected chi connectivity index (χ2v) is 8.76. The number of hydrogen-bond donors (Lipinski definition) is 2. The van der Waals surface area contributed by atoms with E-state index < -0.39 is 11.8 Å². The summed E-state index contributed by atoms with van der Waals surface area (Å²) in [6.07, 6.45) is 7.69. The van der Waals surface area contributed by atoms with Crippen LogP contribution in [0.25, 0.3) is 0 Å². The van der Waals surface area contributed by atoms with Gasteiger partial charge in [0.05, 0.1) is 18.6 Å². The van der Waals surface area contributed by atoms with Crippen LogP contribution >= 0.6 is 0 Å². The second kappa shape index (κ2) is 7.40. The van der Waals surface area contributed by atoms with E-state index in [-0.39, 0.29) is 36.1 Å². The Hall–Kier alpha value is -1.82. The third-order valence-corrected chi connectivity index (χ3v) is 7.13. The Balaban J connectivity index is 0.00000218. The number of aliphatic carboxylic acids is 1. The molecule has 1 unspecified atom stereocenters. The zero-order chi connectivity index (χ0) is 20.3. The van der Waals surface area contributed by atoms with Gasteiger partial charge in [0.1, 0.15) is 5.97 Å². The van der Waals surface area contributed by atoms with E-state index in [9.17, 15) is 9.90 Å². The number of carboxylic acid groups (broad SMARTS) is 1. The molecule has 2 N–H and O–H groups in total. The summed E-state index contributed by atoms with van der Waals surface area (Å²) < 4.78 is 5.47. The Morgan fingerprint density at radius 1 is 1.23 bits per heavy atom.